The third-order valence-corrected chi connectivity index (χ3v) is 16.2. The normalized spacial score (nSPS) is 19.6. The minimum Gasteiger partial charge on any atom is -0.476 e. The van der Waals surface area contributed by atoms with Gasteiger partial charge in [0, 0.05) is 91.5 Å². The number of hydrogen-bond acceptors (Lipinski definition) is 15. The fraction of sp³-hybridized carbons (Fsp3) is 0.370. The summed E-state index contributed by atoms with van der Waals surface area (Å²) in [7, 11) is -2.04. The topological polar surface area (TPSA) is 244 Å². The number of nitrogens with zero attached hydrogens (tertiary/aromatic N) is 7. The van der Waals surface area contributed by atoms with Crippen molar-refractivity contribution in [2.45, 2.75) is 82.7 Å². The largest absolute Gasteiger partial charge is 0.476 e. The molecular weight excluding hydrogens is 1030 g/mol. The molecule has 23 heteroatoms. The van der Waals surface area contributed by atoms with Gasteiger partial charge in [-0.2, -0.15) is 4.99 Å². The number of amides is 4. The number of carbonyl (C=O) groups is 4. The summed E-state index contributed by atoms with van der Waals surface area (Å²) >= 11 is 1.54. The third kappa shape index (κ3) is 10.3. The Labute approximate surface area is 446 Å². The molecule has 0 saturated carbocycles. The number of fused-ring (bicyclic) bond motifs is 2. The molecule has 10 rings (SSSR count). The maximum atomic E-state index is 15.1. The van der Waals surface area contributed by atoms with Gasteiger partial charge in [0.25, 0.3) is 23.6 Å². The highest BCUT2D eigenvalue weighted by molar-refractivity contribution is 7.89. The molecule has 0 radical (unpaired) electrons. The number of benzene rings is 2. The number of pyridine rings is 1. The molecule has 77 heavy (non-hydrogen) atoms. The first kappa shape index (κ1) is 52.8. The Kier molecular flexibility index (Phi) is 14.2. The quantitative estimate of drug-likeness (QED) is 0.0720. The smallest absolute Gasteiger partial charge is 0.277 e. The van der Waals surface area contributed by atoms with Crippen molar-refractivity contribution in [3.05, 3.63) is 129 Å². The van der Waals surface area contributed by atoms with Crippen molar-refractivity contribution in [3.63, 3.8) is 0 Å². The number of thiazole rings is 1. The molecule has 0 spiro atoms. The molecule has 19 nitrogen and oxygen atoms in total. The van der Waals surface area contributed by atoms with E-state index in [1.54, 1.807) is 53.4 Å². The molecule has 4 N–H and O–H groups in total. The number of ether oxygens (including phenoxy) is 1. The van der Waals surface area contributed by atoms with Crippen molar-refractivity contribution >= 4 is 72.8 Å². The zero-order valence-electron chi connectivity index (χ0n) is 43.0. The molecule has 4 aromatic heterocycles. The fourth-order valence-electron chi connectivity index (χ4n) is 10.6. The van der Waals surface area contributed by atoms with E-state index in [0.717, 1.165) is 28.6 Å². The molecule has 8 heterocycles. The fourth-order valence-corrected chi connectivity index (χ4v) is 12.2. The molecular formula is C54H56F2N10O9S2. The zero-order valence-corrected chi connectivity index (χ0v) is 44.7. The van der Waals surface area contributed by atoms with Gasteiger partial charge in [-0.3, -0.25) is 19.2 Å². The first-order valence-electron chi connectivity index (χ1n) is 25.1. The Balaban J connectivity index is 0.786. The van der Waals surface area contributed by atoms with Crippen LogP contribution in [0.3, 0.4) is 0 Å². The number of aliphatic imine (C=N–C) groups is 1. The summed E-state index contributed by atoms with van der Waals surface area (Å²) in [5.74, 6) is -4.62. The van der Waals surface area contributed by atoms with Gasteiger partial charge >= 0.3 is 0 Å². The van der Waals surface area contributed by atoms with Gasteiger partial charge in [0.2, 0.25) is 5.91 Å². The van der Waals surface area contributed by atoms with E-state index in [2.05, 4.69) is 36.1 Å². The van der Waals surface area contributed by atoms with Crippen LogP contribution in [0.2, 0.25) is 0 Å². The minimum atomic E-state index is -3.71. The van der Waals surface area contributed by atoms with Crippen molar-refractivity contribution in [3.8, 4) is 16.3 Å². The molecule has 1 fully saturated rings. The maximum Gasteiger partial charge on any atom is 0.277 e. The number of nitrogens with one attached hydrogen (secondary N) is 3. The minimum absolute atomic E-state index is 0.0258. The number of likely N-dealkylation sites (tertiary alicyclic amines) is 1. The van der Waals surface area contributed by atoms with Gasteiger partial charge in [0.15, 0.2) is 27.2 Å². The van der Waals surface area contributed by atoms with Crippen LogP contribution in [0.5, 0.6) is 5.88 Å². The molecule has 2 aromatic carbocycles. The van der Waals surface area contributed by atoms with Gasteiger partial charge < -0.3 is 44.7 Å². The molecule has 4 aliphatic rings. The third-order valence-electron chi connectivity index (χ3n) is 14.3. The number of halogens is 2. The molecule has 4 aliphatic heterocycles. The number of carbonyl (C=O) groups excluding carboxylic acids is 4. The van der Waals surface area contributed by atoms with Crippen molar-refractivity contribution in [2.75, 3.05) is 37.4 Å². The summed E-state index contributed by atoms with van der Waals surface area (Å²) in [6.07, 6.45) is 7.68. The second kappa shape index (κ2) is 20.7. The summed E-state index contributed by atoms with van der Waals surface area (Å²) in [5.41, 5.74) is 4.55. The monoisotopic (exact) mass is 1090 g/mol. The van der Waals surface area contributed by atoms with Crippen LogP contribution in [0.25, 0.3) is 26.8 Å². The van der Waals surface area contributed by atoms with Gasteiger partial charge in [-0.15, -0.1) is 11.3 Å². The molecule has 4 atom stereocenters. The lowest BCUT2D eigenvalue weighted by molar-refractivity contribution is -0.134. The number of β-amino-alcohol motifs (C(OH)–C–C–N with tert-alkyl or cyclic N) is 1. The number of aliphatic hydroxyl groups is 1. The highest BCUT2D eigenvalue weighted by Gasteiger charge is 2.49. The Bertz CT molecular complexity index is 3590. The standard InChI is InChI=1S/C54H56F2N10O9S2/c1-28(2)42(52(70)66-24-35(67)20-39(66)48-61-53(71)54(4,62-48)33-12-10-30(11-13-33)47-29(3)59-27-76-47)40-21-41(63-75-40)74-17-9-7-8-15-57-50(68)44-32(26-77(6,72)73)18-31-23-64(5)46-43(31)45(44)36-25-65(16-14-38(36)60-51(46)69)49-37(56)19-34(55)22-58-49/h10-14,18-19,21-23,25,27-28,35,39,42,67H,7-9,15-17,20,24,26H2,1-6H3,(H,57,68)(H,60,69)(H,61,62,71)/t35-,39+,42?,54-/m1/s1. The number of aromatic nitrogens is 4. The molecule has 402 valence electrons. The number of unbranched alkanes of at least 4 members (excludes halogenated alkanes) is 2. The highest BCUT2D eigenvalue weighted by Crippen LogP contribution is 2.42. The van der Waals surface area contributed by atoms with Crippen molar-refractivity contribution < 1.29 is 50.7 Å². The summed E-state index contributed by atoms with van der Waals surface area (Å²) in [6, 6.07) is 10.8. The van der Waals surface area contributed by atoms with Gasteiger partial charge in [-0.25, -0.2) is 27.2 Å². The van der Waals surface area contributed by atoms with Crippen LogP contribution in [0.4, 0.5) is 14.6 Å². The molecule has 1 saturated heterocycles. The molecule has 6 aromatic rings. The summed E-state index contributed by atoms with van der Waals surface area (Å²) < 4.78 is 68.1. The average molecular weight is 1090 g/mol. The van der Waals surface area contributed by atoms with E-state index >= 15 is 4.39 Å². The Hall–Kier alpha value is -7.63. The van der Waals surface area contributed by atoms with E-state index in [0.29, 0.717) is 58.8 Å². The second-order valence-electron chi connectivity index (χ2n) is 20.4. The number of anilines is 1. The van der Waals surface area contributed by atoms with E-state index < -0.39 is 68.5 Å². The van der Waals surface area contributed by atoms with Crippen LogP contribution in [0, 0.1) is 24.5 Å². The number of rotatable bonds is 17. The number of aryl methyl sites for hydroxylation is 2. The predicted molar refractivity (Wildman–Crippen MR) is 284 cm³/mol. The van der Waals surface area contributed by atoms with Crippen LogP contribution in [-0.4, -0.2) is 112 Å². The molecule has 0 aliphatic carbocycles. The van der Waals surface area contributed by atoms with Gasteiger partial charge in [-0.05, 0) is 73.0 Å². The van der Waals surface area contributed by atoms with Crippen molar-refractivity contribution in [2.24, 2.45) is 18.0 Å². The molecule has 0 bridgehead atoms. The Morgan fingerprint density at radius 2 is 1.87 bits per heavy atom. The molecule has 1 unspecified atom stereocenters. The zero-order chi connectivity index (χ0) is 54.7. The number of aliphatic hydroxyl groups excluding tert-OH is 1. The SMILES string of the molecule is Cc1ncsc1-c1ccc([C@@]2(C)NC([C@@H]3C[C@@H](O)CN3C(=O)C(c3cc(OCCCCCNC(=O)c4c(CS(C)(=O)=O)cc5cn(C)c6c5c4C4=CN(c5ncc(F)cc5F)CC=C4NC6=O)no3)C(C)C)=NC2=O)cc1. The lowest BCUT2D eigenvalue weighted by atomic mass is 9.89. The lowest BCUT2D eigenvalue weighted by Gasteiger charge is -2.31. The van der Waals surface area contributed by atoms with E-state index in [4.69, 9.17) is 9.26 Å². The lowest BCUT2D eigenvalue weighted by Crippen LogP contribution is -2.51. The summed E-state index contributed by atoms with van der Waals surface area (Å²) in [6.45, 7) is 7.91. The van der Waals surface area contributed by atoms with E-state index in [9.17, 15) is 37.1 Å². The van der Waals surface area contributed by atoms with Crippen molar-refractivity contribution in [1.82, 2.24) is 40.5 Å². The van der Waals surface area contributed by atoms with Crippen LogP contribution < -0.4 is 25.6 Å². The van der Waals surface area contributed by atoms with Crippen LogP contribution in [-0.2, 0) is 37.8 Å². The predicted octanol–water partition coefficient (Wildman–Crippen LogP) is 6.43. The number of allylic oxidation sites excluding steroid dienone is 1. The first-order chi connectivity index (χ1) is 36.7. The van der Waals surface area contributed by atoms with Crippen LogP contribution >= 0.6 is 11.3 Å². The number of sulfone groups is 1. The first-order valence-corrected chi connectivity index (χ1v) is 28.1. The number of amidine groups is 1. The van der Waals surface area contributed by atoms with Gasteiger partial charge in [0.1, 0.15) is 28.8 Å². The van der Waals surface area contributed by atoms with Gasteiger partial charge in [0.05, 0.1) is 52.3 Å². The van der Waals surface area contributed by atoms with Crippen LogP contribution in [0.15, 0.2) is 87.9 Å². The Morgan fingerprint density at radius 3 is 2.58 bits per heavy atom. The second-order valence-corrected chi connectivity index (χ2v) is 23.4. The molecule has 4 amide bonds. The maximum absolute atomic E-state index is 15.1. The van der Waals surface area contributed by atoms with Crippen LogP contribution in [0.1, 0.15) is 101 Å². The van der Waals surface area contributed by atoms with E-state index in [1.165, 1.54) is 22.4 Å². The highest BCUT2D eigenvalue weighted by atomic mass is 32.2. The summed E-state index contributed by atoms with van der Waals surface area (Å²) in [5, 5.41) is 25.1. The average Bonchev–Trinajstić information content (AvgIpc) is 4.28. The van der Waals surface area contributed by atoms with E-state index in [-0.39, 0.29) is 84.3 Å². The number of hydrogen-bond donors (Lipinski definition) is 4. The van der Waals surface area contributed by atoms with Gasteiger partial charge in [-0.1, -0.05) is 38.1 Å². The van der Waals surface area contributed by atoms with E-state index in [1.807, 2.05) is 45.0 Å². The van der Waals surface area contributed by atoms with Crippen molar-refractivity contribution in [1.29, 1.82) is 0 Å². The summed E-state index contributed by atoms with van der Waals surface area (Å²) in [4.78, 5) is 73.0. The Morgan fingerprint density at radius 1 is 1.09 bits per heavy atom.